The largest absolute Gasteiger partial charge is 0.481 e. The van der Waals surface area contributed by atoms with Crippen molar-refractivity contribution in [1.29, 1.82) is 0 Å². The molecule has 0 aliphatic carbocycles. The van der Waals surface area contributed by atoms with Crippen LogP contribution in [0.1, 0.15) is 19.3 Å². The van der Waals surface area contributed by atoms with Gasteiger partial charge in [0.05, 0.1) is 0 Å². The van der Waals surface area contributed by atoms with Crippen molar-refractivity contribution in [2.45, 2.75) is 24.8 Å². The van der Waals surface area contributed by atoms with E-state index in [1.807, 2.05) is 5.92 Å². The van der Waals surface area contributed by atoms with Crippen LogP contribution < -0.4 is 5.73 Å². The van der Waals surface area contributed by atoms with E-state index in [4.69, 9.17) is 22.4 Å². The minimum atomic E-state index is -1.74. The summed E-state index contributed by atoms with van der Waals surface area (Å²) in [4.78, 5) is 20.6. The van der Waals surface area contributed by atoms with Gasteiger partial charge in [0.1, 0.15) is 0 Å². The number of carbonyl (C=O) groups is 2. The molecule has 13 heavy (non-hydrogen) atoms. The van der Waals surface area contributed by atoms with E-state index in [9.17, 15) is 9.59 Å². The van der Waals surface area contributed by atoms with E-state index < -0.39 is 17.5 Å². The van der Waals surface area contributed by atoms with E-state index in [2.05, 4.69) is 0 Å². The molecule has 0 radical (unpaired) electrons. The number of carboxylic acid groups (broad SMARTS) is 2. The Balaban J connectivity index is 4.09. The SMILES string of the molecule is C#CC(N)(CCCC(=O)O)C(=O)O. The Morgan fingerprint density at radius 1 is 1.46 bits per heavy atom. The smallest absolute Gasteiger partial charge is 0.336 e. The standard InChI is InChI=1S/C8H11NO4/c1-2-8(9,7(12)13)5-3-4-6(10)11/h1H,3-5,9H2,(H,10,11)(H,12,13). The van der Waals surface area contributed by atoms with Gasteiger partial charge >= 0.3 is 11.9 Å². The summed E-state index contributed by atoms with van der Waals surface area (Å²) in [7, 11) is 0. The molecule has 0 aromatic carbocycles. The van der Waals surface area contributed by atoms with Crippen molar-refractivity contribution in [3.63, 3.8) is 0 Å². The van der Waals surface area contributed by atoms with Crippen molar-refractivity contribution in [1.82, 2.24) is 0 Å². The van der Waals surface area contributed by atoms with Crippen LogP contribution in [0.4, 0.5) is 0 Å². The van der Waals surface area contributed by atoms with Crippen molar-refractivity contribution in [2.75, 3.05) is 0 Å². The molecule has 0 aromatic rings. The van der Waals surface area contributed by atoms with Crippen LogP contribution in [-0.4, -0.2) is 27.7 Å². The normalized spacial score (nSPS) is 14.2. The number of nitrogens with two attached hydrogens (primary N) is 1. The highest BCUT2D eigenvalue weighted by Crippen LogP contribution is 2.10. The summed E-state index contributed by atoms with van der Waals surface area (Å²) in [5.41, 5.74) is 3.56. The quantitative estimate of drug-likeness (QED) is 0.508. The molecule has 5 heteroatoms. The van der Waals surface area contributed by atoms with Crippen LogP contribution in [0.2, 0.25) is 0 Å². The predicted molar refractivity (Wildman–Crippen MR) is 44.9 cm³/mol. The maximum atomic E-state index is 10.5. The summed E-state index contributed by atoms with van der Waals surface area (Å²) >= 11 is 0. The molecule has 0 spiro atoms. The lowest BCUT2D eigenvalue weighted by molar-refractivity contribution is -0.142. The van der Waals surface area contributed by atoms with Crippen LogP contribution in [0.5, 0.6) is 0 Å². The Morgan fingerprint density at radius 3 is 2.31 bits per heavy atom. The highest BCUT2D eigenvalue weighted by molar-refractivity contribution is 5.82. The summed E-state index contributed by atoms with van der Waals surface area (Å²) in [6.07, 6.45) is 4.91. The molecule has 4 N–H and O–H groups in total. The number of carboxylic acids is 2. The first kappa shape index (κ1) is 11.5. The van der Waals surface area contributed by atoms with E-state index in [1.165, 1.54) is 0 Å². The minimum absolute atomic E-state index is 0.0366. The van der Waals surface area contributed by atoms with Crippen LogP contribution >= 0.6 is 0 Å². The Labute approximate surface area is 75.5 Å². The fourth-order valence-corrected chi connectivity index (χ4v) is 0.759. The summed E-state index contributed by atoms with van der Waals surface area (Å²) in [5.74, 6) is -0.364. The van der Waals surface area contributed by atoms with Gasteiger partial charge in [-0.25, -0.2) is 4.79 Å². The van der Waals surface area contributed by atoms with Crippen molar-refractivity contribution in [3.05, 3.63) is 0 Å². The van der Waals surface area contributed by atoms with Gasteiger partial charge in [-0.3, -0.25) is 4.79 Å². The third kappa shape index (κ3) is 3.58. The first-order valence-electron chi connectivity index (χ1n) is 3.64. The molecule has 0 rings (SSSR count). The Morgan fingerprint density at radius 2 is 2.00 bits per heavy atom. The number of hydrogen-bond acceptors (Lipinski definition) is 3. The average Bonchev–Trinajstić information content (AvgIpc) is 2.03. The minimum Gasteiger partial charge on any atom is -0.481 e. The first-order valence-corrected chi connectivity index (χ1v) is 3.64. The molecule has 0 fully saturated rings. The van der Waals surface area contributed by atoms with Crippen molar-refractivity contribution >= 4 is 11.9 Å². The van der Waals surface area contributed by atoms with Gasteiger partial charge in [-0.2, -0.15) is 0 Å². The molecule has 0 aliphatic rings. The monoisotopic (exact) mass is 185 g/mol. The molecule has 0 amide bonds. The van der Waals surface area contributed by atoms with Gasteiger partial charge < -0.3 is 15.9 Å². The summed E-state index contributed by atoms with van der Waals surface area (Å²) in [5, 5.41) is 16.9. The van der Waals surface area contributed by atoms with Crippen LogP contribution in [0.25, 0.3) is 0 Å². The Hall–Kier alpha value is -1.54. The molecule has 72 valence electrons. The lowest BCUT2D eigenvalue weighted by Crippen LogP contribution is -2.46. The highest BCUT2D eigenvalue weighted by atomic mass is 16.4. The molecule has 0 saturated heterocycles. The zero-order valence-corrected chi connectivity index (χ0v) is 6.99. The van der Waals surface area contributed by atoms with E-state index in [-0.39, 0.29) is 19.3 Å². The molecule has 5 nitrogen and oxygen atoms in total. The zero-order chi connectivity index (χ0) is 10.5. The first-order chi connectivity index (χ1) is 5.92. The van der Waals surface area contributed by atoms with Crippen molar-refractivity contribution < 1.29 is 19.8 Å². The average molecular weight is 185 g/mol. The van der Waals surface area contributed by atoms with Crippen LogP contribution in [0.3, 0.4) is 0 Å². The van der Waals surface area contributed by atoms with E-state index >= 15 is 0 Å². The third-order valence-corrected chi connectivity index (χ3v) is 1.60. The van der Waals surface area contributed by atoms with Gasteiger partial charge in [0.2, 0.25) is 0 Å². The maximum absolute atomic E-state index is 10.5. The topological polar surface area (TPSA) is 101 Å². The van der Waals surface area contributed by atoms with Crippen LogP contribution in [0.15, 0.2) is 0 Å². The summed E-state index contributed by atoms with van der Waals surface area (Å²) < 4.78 is 0. The second-order valence-corrected chi connectivity index (χ2v) is 2.67. The fourth-order valence-electron chi connectivity index (χ4n) is 0.759. The predicted octanol–water partition coefficient (Wildman–Crippen LogP) is -0.343. The lowest BCUT2D eigenvalue weighted by Gasteiger charge is -2.16. The number of aliphatic carboxylic acids is 2. The van der Waals surface area contributed by atoms with E-state index in [0.717, 1.165) is 0 Å². The highest BCUT2D eigenvalue weighted by Gasteiger charge is 2.30. The Bertz CT molecular complexity index is 255. The zero-order valence-electron chi connectivity index (χ0n) is 6.99. The summed E-state index contributed by atoms with van der Waals surface area (Å²) in [6.45, 7) is 0. The molecule has 0 aliphatic heterocycles. The van der Waals surface area contributed by atoms with E-state index in [0.29, 0.717) is 0 Å². The summed E-state index contributed by atoms with van der Waals surface area (Å²) in [6, 6.07) is 0. The van der Waals surface area contributed by atoms with Gasteiger partial charge in [0, 0.05) is 6.42 Å². The Kier molecular flexibility index (Phi) is 3.95. The number of rotatable bonds is 5. The van der Waals surface area contributed by atoms with Crippen molar-refractivity contribution in [3.8, 4) is 12.3 Å². The number of terminal acetylenes is 1. The van der Waals surface area contributed by atoms with Crippen LogP contribution in [-0.2, 0) is 9.59 Å². The van der Waals surface area contributed by atoms with Gasteiger partial charge in [-0.15, -0.1) is 6.42 Å². The molecular formula is C8H11NO4. The molecule has 0 saturated carbocycles. The molecule has 1 unspecified atom stereocenters. The van der Waals surface area contributed by atoms with Crippen molar-refractivity contribution in [2.24, 2.45) is 5.73 Å². The second kappa shape index (κ2) is 4.48. The number of hydrogen-bond donors (Lipinski definition) is 3. The molecule has 0 heterocycles. The van der Waals surface area contributed by atoms with E-state index in [1.54, 1.807) is 0 Å². The third-order valence-electron chi connectivity index (χ3n) is 1.60. The van der Waals surface area contributed by atoms with Gasteiger partial charge in [0.25, 0.3) is 0 Å². The van der Waals surface area contributed by atoms with Crippen LogP contribution in [0, 0.1) is 12.3 Å². The fraction of sp³-hybridized carbons (Fsp3) is 0.500. The molecule has 0 bridgehead atoms. The van der Waals surface area contributed by atoms with Gasteiger partial charge in [-0.05, 0) is 12.8 Å². The lowest BCUT2D eigenvalue weighted by atomic mass is 9.95. The van der Waals surface area contributed by atoms with Gasteiger partial charge in [0.15, 0.2) is 5.54 Å². The second-order valence-electron chi connectivity index (χ2n) is 2.67. The molecule has 1 atom stereocenters. The van der Waals surface area contributed by atoms with Gasteiger partial charge in [-0.1, -0.05) is 5.92 Å². The maximum Gasteiger partial charge on any atom is 0.336 e. The molecule has 0 aromatic heterocycles. The molecular weight excluding hydrogens is 174 g/mol.